The van der Waals surface area contributed by atoms with Gasteiger partial charge in [-0.1, -0.05) is 0 Å². The zero-order valence-corrected chi connectivity index (χ0v) is 17.5. The van der Waals surface area contributed by atoms with E-state index in [1.807, 2.05) is 12.1 Å². The average Bonchev–Trinajstić information content (AvgIpc) is 3.56. The summed E-state index contributed by atoms with van der Waals surface area (Å²) in [4.78, 5) is 40.6. The van der Waals surface area contributed by atoms with Gasteiger partial charge in [0.05, 0.1) is 18.8 Å². The van der Waals surface area contributed by atoms with E-state index in [9.17, 15) is 14.4 Å². The highest BCUT2D eigenvalue weighted by molar-refractivity contribution is 5.98. The van der Waals surface area contributed by atoms with Crippen LogP contribution in [0.5, 0.6) is 0 Å². The first kappa shape index (κ1) is 21.1. The number of likely N-dealkylation sites (tertiary alicyclic amines) is 1. The van der Waals surface area contributed by atoms with Gasteiger partial charge in [0.2, 0.25) is 11.8 Å². The zero-order chi connectivity index (χ0) is 21.6. The lowest BCUT2D eigenvalue weighted by Gasteiger charge is -2.26. The van der Waals surface area contributed by atoms with E-state index < -0.39 is 0 Å². The Hall–Kier alpha value is -3.13. The Bertz CT molecular complexity index is 904. The van der Waals surface area contributed by atoms with Gasteiger partial charge in [-0.25, -0.2) is 0 Å². The molecule has 1 aromatic heterocycles. The third kappa shape index (κ3) is 5.14. The molecule has 2 aliphatic heterocycles. The molecule has 2 saturated heterocycles. The molecule has 0 saturated carbocycles. The monoisotopic (exact) mass is 424 g/mol. The van der Waals surface area contributed by atoms with Crippen LogP contribution in [0.2, 0.25) is 0 Å². The summed E-state index contributed by atoms with van der Waals surface area (Å²) in [6.07, 6.45) is 5.35. The standard InChI is InChI=1S/C23H28N4O4/c28-21(24-15-19(20-5-4-14-31-20)26-11-1-2-12-26)16-25-23(30)17-7-9-18(10-8-17)27-13-3-6-22(27)29/h4-5,7-10,14,19H,1-3,6,11-13,15-16H2,(H,24,28)(H,25,30)/t19-/m1/s1. The minimum atomic E-state index is -0.323. The predicted molar refractivity (Wildman–Crippen MR) is 116 cm³/mol. The van der Waals surface area contributed by atoms with Gasteiger partial charge < -0.3 is 20.0 Å². The van der Waals surface area contributed by atoms with E-state index in [1.165, 1.54) is 0 Å². The number of amides is 3. The Labute approximate surface area is 181 Å². The number of benzene rings is 1. The van der Waals surface area contributed by atoms with Crippen molar-refractivity contribution in [3.8, 4) is 0 Å². The highest BCUT2D eigenvalue weighted by Crippen LogP contribution is 2.25. The number of carbonyl (C=O) groups excluding carboxylic acids is 3. The molecule has 4 rings (SSSR count). The highest BCUT2D eigenvalue weighted by atomic mass is 16.3. The number of nitrogens with one attached hydrogen (secondary N) is 2. The largest absolute Gasteiger partial charge is 0.468 e. The molecule has 2 fully saturated rings. The second kappa shape index (κ2) is 9.78. The van der Waals surface area contributed by atoms with Crippen molar-refractivity contribution in [3.63, 3.8) is 0 Å². The van der Waals surface area contributed by atoms with E-state index in [1.54, 1.807) is 35.4 Å². The second-order valence-electron chi connectivity index (χ2n) is 7.96. The fourth-order valence-corrected chi connectivity index (χ4v) is 4.19. The summed E-state index contributed by atoms with van der Waals surface area (Å²) in [5.74, 6) is 0.374. The molecule has 0 spiro atoms. The SMILES string of the molecule is O=C(CNC(=O)c1ccc(N2CCCC2=O)cc1)NC[C@H](c1ccco1)N1CCCC1. The Morgan fingerprint density at radius 1 is 1.00 bits per heavy atom. The van der Waals surface area contributed by atoms with Crippen LogP contribution >= 0.6 is 0 Å². The first-order valence-electron chi connectivity index (χ1n) is 10.8. The van der Waals surface area contributed by atoms with Gasteiger partial charge in [0.15, 0.2) is 0 Å². The summed E-state index contributed by atoms with van der Waals surface area (Å²) in [6.45, 7) is 3.01. The predicted octanol–water partition coefficient (Wildman–Crippen LogP) is 2.09. The number of anilines is 1. The van der Waals surface area contributed by atoms with Crippen LogP contribution in [0.4, 0.5) is 5.69 Å². The van der Waals surface area contributed by atoms with Gasteiger partial charge in [0.1, 0.15) is 5.76 Å². The molecule has 1 atom stereocenters. The molecule has 2 aliphatic rings. The van der Waals surface area contributed by atoms with Crippen molar-refractivity contribution in [3.05, 3.63) is 54.0 Å². The molecule has 0 unspecified atom stereocenters. The van der Waals surface area contributed by atoms with Crippen LogP contribution in [-0.2, 0) is 9.59 Å². The number of nitrogens with zero attached hydrogens (tertiary/aromatic N) is 2. The van der Waals surface area contributed by atoms with E-state index in [0.717, 1.165) is 43.8 Å². The van der Waals surface area contributed by atoms with Crippen molar-refractivity contribution >= 4 is 23.4 Å². The molecule has 1 aromatic carbocycles. The number of hydrogen-bond acceptors (Lipinski definition) is 5. The summed E-state index contributed by atoms with van der Waals surface area (Å²) in [7, 11) is 0. The van der Waals surface area contributed by atoms with Crippen molar-refractivity contribution in [2.24, 2.45) is 0 Å². The molecule has 0 radical (unpaired) electrons. The Morgan fingerprint density at radius 3 is 2.42 bits per heavy atom. The van der Waals surface area contributed by atoms with Gasteiger partial charge in [0, 0.05) is 30.8 Å². The normalized spacial score (nSPS) is 17.7. The maximum atomic E-state index is 12.4. The summed E-state index contributed by atoms with van der Waals surface area (Å²) in [6, 6.07) is 10.7. The van der Waals surface area contributed by atoms with E-state index in [-0.39, 0.29) is 30.3 Å². The van der Waals surface area contributed by atoms with E-state index in [0.29, 0.717) is 25.1 Å². The lowest BCUT2D eigenvalue weighted by atomic mass is 10.2. The molecule has 8 nitrogen and oxygen atoms in total. The van der Waals surface area contributed by atoms with E-state index >= 15 is 0 Å². The lowest BCUT2D eigenvalue weighted by Crippen LogP contribution is -2.41. The third-order valence-electron chi connectivity index (χ3n) is 5.87. The van der Waals surface area contributed by atoms with E-state index in [2.05, 4.69) is 15.5 Å². The maximum absolute atomic E-state index is 12.4. The molecular weight excluding hydrogens is 396 g/mol. The smallest absolute Gasteiger partial charge is 0.251 e. The fourth-order valence-electron chi connectivity index (χ4n) is 4.19. The van der Waals surface area contributed by atoms with Gasteiger partial charge in [-0.15, -0.1) is 0 Å². The van der Waals surface area contributed by atoms with Gasteiger partial charge >= 0.3 is 0 Å². The number of furan rings is 1. The number of hydrogen-bond donors (Lipinski definition) is 2. The van der Waals surface area contributed by atoms with Crippen LogP contribution in [0.15, 0.2) is 47.1 Å². The Balaban J connectivity index is 1.26. The van der Waals surface area contributed by atoms with E-state index in [4.69, 9.17) is 4.42 Å². The topological polar surface area (TPSA) is 94.9 Å². The molecular formula is C23H28N4O4. The van der Waals surface area contributed by atoms with Crippen LogP contribution in [0.1, 0.15) is 47.8 Å². The van der Waals surface area contributed by atoms with Crippen molar-refractivity contribution in [1.29, 1.82) is 0 Å². The van der Waals surface area contributed by atoms with Crippen molar-refractivity contribution in [2.75, 3.05) is 37.6 Å². The zero-order valence-electron chi connectivity index (χ0n) is 17.5. The molecule has 8 heteroatoms. The molecule has 3 heterocycles. The fraction of sp³-hybridized carbons (Fsp3) is 0.435. The second-order valence-corrected chi connectivity index (χ2v) is 7.96. The maximum Gasteiger partial charge on any atom is 0.251 e. The summed E-state index contributed by atoms with van der Waals surface area (Å²) >= 11 is 0. The molecule has 2 N–H and O–H groups in total. The van der Waals surface area contributed by atoms with Crippen LogP contribution in [0.3, 0.4) is 0 Å². The first-order chi connectivity index (χ1) is 15.1. The molecule has 164 valence electrons. The van der Waals surface area contributed by atoms with Gasteiger partial charge in [-0.05, 0) is 68.8 Å². The van der Waals surface area contributed by atoms with Gasteiger partial charge in [-0.3, -0.25) is 19.3 Å². The number of rotatable bonds is 8. The van der Waals surface area contributed by atoms with Crippen LogP contribution < -0.4 is 15.5 Å². The minimum absolute atomic E-state index is 0.00186. The van der Waals surface area contributed by atoms with Crippen molar-refractivity contribution < 1.29 is 18.8 Å². The first-order valence-corrected chi connectivity index (χ1v) is 10.8. The van der Waals surface area contributed by atoms with Crippen molar-refractivity contribution in [1.82, 2.24) is 15.5 Å². The minimum Gasteiger partial charge on any atom is -0.468 e. The molecule has 0 aliphatic carbocycles. The van der Waals surface area contributed by atoms with Gasteiger partial charge in [0.25, 0.3) is 5.91 Å². The molecule has 2 aromatic rings. The summed E-state index contributed by atoms with van der Waals surface area (Å²) < 4.78 is 5.56. The molecule has 0 bridgehead atoms. The molecule has 3 amide bonds. The quantitative estimate of drug-likeness (QED) is 0.677. The van der Waals surface area contributed by atoms with Crippen molar-refractivity contribution in [2.45, 2.75) is 31.7 Å². The van der Waals surface area contributed by atoms with Crippen LogP contribution in [-0.4, -0.2) is 55.3 Å². The van der Waals surface area contributed by atoms with Gasteiger partial charge in [-0.2, -0.15) is 0 Å². The Kier molecular flexibility index (Phi) is 6.66. The highest BCUT2D eigenvalue weighted by Gasteiger charge is 2.26. The summed E-state index contributed by atoms with van der Waals surface area (Å²) in [5.41, 5.74) is 1.25. The summed E-state index contributed by atoms with van der Waals surface area (Å²) in [5, 5.41) is 5.56. The Morgan fingerprint density at radius 2 is 1.77 bits per heavy atom. The average molecular weight is 425 g/mol. The van der Waals surface area contributed by atoms with Crippen LogP contribution in [0, 0.1) is 0 Å². The lowest BCUT2D eigenvalue weighted by molar-refractivity contribution is -0.120. The number of carbonyl (C=O) groups is 3. The third-order valence-corrected chi connectivity index (χ3v) is 5.87. The molecule has 31 heavy (non-hydrogen) atoms. The van der Waals surface area contributed by atoms with Crippen LogP contribution in [0.25, 0.3) is 0 Å².